The molecule has 3 N–H and O–H groups in total. The third kappa shape index (κ3) is 4.90. The Labute approximate surface area is 123 Å². The van der Waals surface area contributed by atoms with E-state index in [1.54, 1.807) is 12.1 Å². The van der Waals surface area contributed by atoms with Gasteiger partial charge < -0.3 is 20.2 Å². The topological polar surface area (TPSA) is 91.6 Å². The molecule has 0 aromatic carbocycles. The van der Waals surface area contributed by atoms with Gasteiger partial charge in [-0.3, -0.25) is 9.59 Å². The molecule has 1 fully saturated rings. The minimum Gasteiger partial charge on any atom is -0.459 e. The van der Waals surface area contributed by atoms with Crippen molar-refractivity contribution < 1.29 is 19.1 Å². The first kappa shape index (κ1) is 15.6. The predicted molar refractivity (Wildman–Crippen MR) is 76.7 cm³/mol. The molecule has 1 aromatic heterocycles. The summed E-state index contributed by atoms with van der Waals surface area (Å²) >= 11 is 0. The maximum Gasteiger partial charge on any atom is 0.286 e. The van der Waals surface area contributed by atoms with Crippen molar-refractivity contribution in [2.45, 2.75) is 50.7 Å². The van der Waals surface area contributed by atoms with Crippen LogP contribution in [0.4, 0.5) is 0 Å². The van der Waals surface area contributed by atoms with E-state index >= 15 is 0 Å². The fraction of sp³-hybridized carbons (Fsp3) is 0.600. The third-order valence-corrected chi connectivity index (χ3v) is 3.71. The van der Waals surface area contributed by atoms with E-state index in [9.17, 15) is 14.7 Å². The Morgan fingerprint density at radius 1 is 1.29 bits per heavy atom. The van der Waals surface area contributed by atoms with Crippen LogP contribution in [0.3, 0.4) is 0 Å². The number of hydrogen-bond donors (Lipinski definition) is 3. The standard InChI is InChI=1S/C15H22N2O4/c18-12-6-3-1-2-5-11(12)17-14(19)8-9-16-15(20)13-7-4-10-21-13/h4,7,10-12,18H,1-3,5-6,8-9H2,(H,16,20)(H,17,19). The van der Waals surface area contributed by atoms with Crippen LogP contribution in [0.1, 0.15) is 49.1 Å². The van der Waals surface area contributed by atoms with E-state index < -0.39 is 6.10 Å². The largest absolute Gasteiger partial charge is 0.459 e. The minimum absolute atomic E-state index is 0.152. The SMILES string of the molecule is O=C(CCNC(=O)c1ccco1)NC1CCCCCC1O. The smallest absolute Gasteiger partial charge is 0.286 e. The van der Waals surface area contributed by atoms with Gasteiger partial charge in [0.15, 0.2) is 5.76 Å². The highest BCUT2D eigenvalue weighted by molar-refractivity contribution is 5.91. The van der Waals surface area contributed by atoms with Crippen molar-refractivity contribution in [3.05, 3.63) is 24.2 Å². The van der Waals surface area contributed by atoms with Gasteiger partial charge in [0.25, 0.3) is 5.91 Å². The summed E-state index contributed by atoms with van der Waals surface area (Å²) in [5.41, 5.74) is 0. The van der Waals surface area contributed by atoms with Crippen LogP contribution in [-0.2, 0) is 4.79 Å². The lowest BCUT2D eigenvalue weighted by molar-refractivity contribution is -0.122. The molecule has 21 heavy (non-hydrogen) atoms. The molecule has 0 radical (unpaired) electrons. The van der Waals surface area contributed by atoms with E-state index in [0.717, 1.165) is 32.1 Å². The van der Waals surface area contributed by atoms with Crippen LogP contribution in [0.15, 0.2) is 22.8 Å². The molecular weight excluding hydrogens is 272 g/mol. The van der Waals surface area contributed by atoms with Crippen molar-refractivity contribution in [3.8, 4) is 0 Å². The van der Waals surface area contributed by atoms with E-state index in [0.29, 0.717) is 0 Å². The van der Waals surface area contributed by atoms with Gasteiger partial charge >= 0.3 is 0 Å². The summed E-state index contributed by atoms with van der Waals surface area (Å²) in [5.74, 6) is -0.252. The Balaban J connectivity index is 1.68. The van der Waals surface area contributed by atoms with Gasteiger partial charge in [-0.2, -0.15) is 0 Å². The third-order valence-electron chi connectivity index (χ3n) is 3.71. The highest BCUT2D eigenvalue weighted by Crippen LogP contribution is 2.18. The monoisotopic (exact) mass is 294 g/mol. The second-order valence-corrected chi connectivity index (χ2v) is 5.36. The molecule has 0 aliphatic heterocycles. The molecule has 0 bridgehead atoms. The quantitative estimate of drug-likeness (QED) is 0.712. The molecule has 6 nitrogen and oxygen atoms in total. The Kier molecular flexibility index (Phi) is 5.80. The maximum absolute atomic E-state index is 11.8. The zero-order valence-electron chi connectivity index (χ0n) is 12.0. The van der Waals surface area contributed by atoms with Gasteiger partial charge in [0.05, 0.1) is 18.4 Å². The van der Waals surface area contributed by atoms with Gasteiger partial charge in [0.1, 0.15) is 0 Å². The van der Waals surface area contributed by atoms with Crippen LogP contribution in [-0.4, -0.2) is 35.6 Å². The van der Waals surface area contributed by atoms with Crippen LogP contribution < -0.4 is 10.6 Å². The van der Waals surface area contributed by atoms with Gasteiger partial charge in [-0.25, -0.2) is 0 Å². The molecule has 2 amide bonds. The van der Waals surface area contributed by atoms with Crippen molar-refractivity contribution >= 4 is 11.8 Å². The summed E-state index contributed by atoms with van der Waals surface area (Å²) in [6.07, 6.45) is 5.83. The van der Waals surface area contributed by atoms with Crippen molar-refractivity contribution in [1.82, 2.24) is 10.6 Å². The first-order valence-corrected chi connectivity index (χ1v) is 7.46. The van der Waals surface area contributed by atoms with E-state index in [1.165, 1.54) is 6.26 Å². The van der Waals surface area contributed by atoms with Crippen molar-refractivity contribution in [2.75, 3.05) is 6.54 Å². The summed E-state index contributed by atoms with van der Waals surface area (Å²) in [7, 11) is 0. The molecule has 2 unspecified atom stereocenters. The molecule has 0 spiro atoms. The first-order chi connectivity index (χ1) is 10.2. The summed E-state index contributed by atoms with van der Waals surface area (Å²) < 4.78 is 4.96. The van der Waals surface area contributed by atoms with Crippen molar-refractivity contribution in [2.24, 2.45) is 0 Å². The Morgan fingerprint density at radius 2 is 2.10 bits per heavy atom. The minimum atomic E-state index is -0.464. The highest BCUT2D eigenvalue weighted by Gasteiger charge is 2.22. The number of amides is 2. The zero-order valence-corrected chi connectivity index (χ0v) is 12.0. The van der Waals surface area contributed by atoms with Crippen molar-refractivity contribution in [3.63, 3.8) is 0 Å². The molecule has 1 heterocycles. The number of rotatable bonds is 5. The Hall–Kier alpha value is -1.82. The predicted octanol–water partition coefficient (Wildman–Crippen LogP) is 1.21. The lowest BCUT2D eigenvalue weighted by Crippen LogP contribution is -2.43. The molecule has 1 saturated carbocycles. The molecule has 1 aromatic rings. The number of furan rings is 1. The second-order valence-electron chi connectivity index (χ2n) is 5.36. The fourth-order valence-electron chi connectivity index (χ4n) is 2.52. The lowest BCUT2D eigenvalue weighted by atomic mass is 10.1. The second kappa shape index (κ2) is 7.83. The number of carbonyl (C=O) groups is 2. The summed E-state index contributed by atoms with van der Waals surface area (Å²) in [6, 6.07) is 3.03. The van der Waals surface area contributed by atoms with Crippen molar-refractivity contribution in [1.29, 1.82) is 0 Å². The van der Waals surface area contributed by atoms with E-state index in [-0.39, 0.29) is 36.6 Å². The van der Waals surface area contributed by atoms with Crippen LogP contribution in [0.25, 0.3) is 0 Å². The van der Waals surface area contributed by atoms with Gasteiger partial charge in [0.2, 0.25) is 5.91 Å². The lowest BCUT2D eigenvalue weighted by Gasteiger charge is -2.21. The van der Waals surface area contributed by atoms with Gasteiger partial charge in [-0.05, 0) is 25.0 Å². The van der Waals surface area contributed by atoms with E-state index in [1.807, 2.05) is 0 Å². The summed E-state index contributed by atoms with van der Waals surface area (Å²) in [4.78, 5) is 23.4. The van der Waals surface area contributed by atoms with E-state index in [4.69, 9.17) is 4.42 Å². The van der Waals surface area contributed by atoms with Crippen LogP contribution in [0.2, 0.25) is 0 Å². The number of aliphatic hydroxyl groups excluding tert-OH is 1. The van der Waals surface area contributed by atoms with Gasteiger partial charge in [0, 0.05) is 13.0 Å². The van der Waals surface area contributed by atoms with Gasteiger partial charge in [-0.1, -0.05) is 19.3 Å². The molecule has 1 aliphatic rings. The first-order valence-electron chi connectivity index (χ1n) is 7.46. The number of hydrogen-bond acceptors (Lipinski definition) is 4. The average molecular weight is 294 g/mol. The Bertz CT molecular complexity index is 458. The highest BCUT2D eigenvalue weighted by atomic mass is 16.3. The molecular formula is C15H22N2O4. The molecule has 6 heteroatoms. The zero-order chi connectivity index (χ0) is 15.1. The normalized spacial score (nSPS) is 22.3. The molecule has 1 aliphatic carbocycles. The summed E-state index contributed by atoms with van der Waals surface area (Å²) in [6.45, 7) is 0.244. The Morgan fingerprint density at radius 3 is 2.86 bits per heavy atom. The maximum atomic E-state index is 11.8. The molecule has 0 saturated heterocycles. The van der Waals surface area contributed by atoms with E-state index in [2.05, 4.69) is 10.6 Å². The molecule has 2 rings (SSSR count). The number of carbonyl (C=O) groups excluding carboxylic acids is 2. The molecule has 2 atom stereocenters. The van der Waals surface area contributed by atoms with Crippen LogP contribution in [0, 0.1) is 0 Å². The number of aliphatic hydroxyl groups is 1. The number of nitrogens with one attached hydrogen (secondary N) is 2. The summed E-state index contributed by atoms with van der Waals surface area (Å²) in [5, 5.41) is 15.4. The fourth-order valence-corrected chi connectivity index (χ4v) is 2.52. The average Bonchev–Trinajstić information content (AvgIpc) is 2.92. The van der Waals surface area contributed by atoms with Gasteiger partial charge in [-0.15, -0.1) is 0 Å². The molecule has 116 valence electrons. The van der Waals surface area contributed by atoms with Crippen LogP contribution >= 0.6 is 0 Å². The van der Waals surface area contributed by atoms with Crippen LogP contribution in [0.5, 0.6) is 0 Å².